The van der Waals surface area contributed by atoms with E-state index >= 15 is 0 Å². The van der Waals surface area contributed by atoms with E-state index in [-0.39, 0.29) is 11.9 Å². The van der Waals surface area contributed by atoms with Gasteiger partial charge in [-0.3, -0.25) is 9.63 Å². The van der Waals surface area contributed by atoms with Crippen molar-refractivity contribution in [1.29, 1.82) is 0 Å². The van der Waals surface area contributed by atoms with Gasteiger partial charge >= 0.3 is 0 Å². The van der Waals surface area contributed by atoms with Crippen molar-refractivity contribution in [3.05, 3.63) is 59.4 Å². The fourth-order valence-electron chi connectivity index (χ4n) is 3.60. The number of hydroxylamine groups is 1. The Hall–Kier alpha value is -3.37. The molecule has 0 unspecified atom stereocenters. The summed E-state index contributed by atoms with van der Waals surface area (Å²) in [6, 6.07) is 7.54. The van der Waals surface area contributed by atoms with Crippen molar-refractivity contribution < 1.29 is 9.63 Å². The Balaban J connectivity index is 1.41. The van der Waals surface area contributed by atoms with E-state index in [1.54, 1.807) is 35.0 Å². The summed E-state index contributed by atoms with van der Waals surface area (Å²) in [4.78, 5) is 31.8. The van der Waals surface area contributed by atoms with Gasteiger partial charge in [-0.2, -0.15) is 15.0 Å². The molecule has 158 valence electrons. The molecular formula is C21H21N7O2S. The Labute approximate surface area is 182 Å². The van der Waals surface area contributed by atoms with Gasteiger partial charge < -0.3 is 4.90 Å². The van der Waals surface area contributed by atoms with Crippen LogP contribution in [-0.4, -0.2) is 61.5 Å². The molecule has 0 aliphatic carbocycles. The Morgan fingerprint density at radius 1 is 1.19 bits per heavy atom. The number of anilines is 1. The fourth-order valence-corrected chi connectivity index (χ4v) is 4.29. The summed E-state index contributed by atoms with van der Waals surface area (Å²) in [5, 5.41) is 12.1. The number of amides is 1. The summed E-state index contributed by atoms with van der Waals surface area (Å²) >= 11 is 1.60. The topological polar surface area (TPSA) is 89.3 Å². The molecule has 9 nitrogen and oxygen atoms in total. The number of thiophene rings is 1. The molecule has 0 bridgehead atoms. The van der Waals surface area contributed by atoms with E-state index in [4.69, 9.17) is 4.84 Å². The number of hydrogen-bond donors (Lipinski definition) is 0. The SMILES string of the molecule is Cc1ccc(-n2nccn2)c(C(=O)N2CCN(c3ncc4sccc4n3)OC[C@H]2C)c1. The molecular weight excluding hydrogens is 414 g/mol. The van der Waals surface area contributed by atoms with Gasteiger partial charge in [-0.15, -0.1) is 11.3 Å². The number of rotatable bonds is 3. The number of aryl methyl sites for hydroxylation is 1. The van der Waals surface area contributed by atoms with Gasteiger partial charge in [-0.25, -0.2) is 15.0 Å². The maximum absolute atomic E-state index is 13.6. The minimum absolute atomic E-state index is 0.0804. The third-order valence-electron chi connectivity index (χ3n) is 5.24. The Bertz CT molecular complexity index is 1220. The zero-order valence-electron chi connectivity index (χ0n) is 17.2. The van der Waals surface area contributed by atoms with Gasteiger partial charge in [0, 0.05) is 6.54 Å². The van der Waals surface area contributed by atoms with Crippen molar-refractivity contribution in [2.45, 2.75) is 19.9 Å². The van der Waals surface area contributed by atoms with Crippen LogP contribution in [-0.2, 0) is 4.84 Å². The van der Waals surface area contributed by atoms with Crippen LogP contribution >= 0.6 is 11.3 Å². The maximum Gasteiger partial charge on any atom is 0.256 e. The standard InChI is InChI=1S/C21H21N7O2S/c1-14-3-4-18(28-23-6-7-24-28)16(11-14)20(29)26-8-9-27(30-13-15(26)2)21-22-12-19-17(25-21)5-10-31-19/h3-7,10-12,15H,8-9,13H2,1-2H3/t15-/m1/s1. The largest absolute Gasteiger partial charge is 0.332 e. The molecule has 4 aromatic rings. The molecule has 1 fully saturated rings. The van der Waals surface area contributed by atoms with Crippen LogP contribution < -0.4 is 5.06 Å². The highest BCUT2D eigenvalue weighted by Gasteiger charge is 2.29. The lowest BCUT2D eigenvalue weighted by Crippen LogP contribution is -2.41. The third kappa shape index (κ3) is 3.75. The van der Waals surface area contributed by atoms with E-state index in [0.717, 1.165) is 15.8 Å². The number of fused-ring (bicyclic) bond motifs is 1. The summed E-state index contributed by atoms with van der Waals surface area (Å²) in [6.45, 7) is 5.23. The van der Waals surface area contributed by atoms with Crippen molar-refractivity contribution in [1.82, 2.24) is 29.9 Å². The van der Waals surface area contributed by atoms with Crippen molar-refractivity contribution in [3.63, 3.8) is 0 Å². The van der Waals surface area contributed by atoms with E-state index in [2.05, 4.69) is 20.2 Å². The molecule has 1 amide bonds. The highest BCUT2D eigenvalue weighted by atomic mass is 32.1. The number of benzene rings is 1. The lowest BCUT2D eigenvalue weighted by Gasteiger charge is -2.26. The van der Waals surface area contributed by atoms with Crippen molar-refractivity contribution in [2.24, 2.45) is 0 Å². The van der Waals surface area contributed by atoms with Crippen molar-refractivity contribution in [2.75, 3.05) is 24.8 Å². The number of nitrogens with zero attached hydrogens (tertiary/aromatic N) is 7. The first-order valence-electron chi connectivity index (χ1n) is 9.99. The highest BCUT2D eigenvalue weighted by Crippen LogP contribution is 2.23. The number of hydrogen-bond acceptors (Lipinski definition) is 8. The molecule has 1 atom stereocenters. The maximum atomic E-state index is 13.6. The van der Waals surface area contributed by atoms with E-state index in [1.807, 2.05) is 48.4 Å². The second kappa shape index (κ2) is 8.05. The first-order chi connectivity index (χ1) is 15.1. The van der Waals surface area contributed by atoms with Crippen molar-refractivity contribution in [3.8, 4) is 5.69 Å². The average molecular weight is 436 g/mol. The summed E-state index contributed by atoms with van der Waals surface area (Å²) in [6.07, 6.45) is 5.00. The van der Waals surface area contributed by atoms with Gasteiger partial charge in [-0.05, 0) is 37.4 Å². The zero-order chi connectivity index (χ0) is 21.4. The molecule has 0 N–H and O–H groups in total. The van der Waals surface area contributed by atoms with Crippen molar-refractivity contribution >= 4 is 33.4 Å². The molecule has 1 aliphatic heterocycles. The van der Waals surface area contributed by atoms with Crippen LogP contribution in [0, 0.1) is 6.92 Å². The van der Waals surface area contributed by atoms with Gasteiger partial charge in [0.2, 0.25) is 5.95 Å². The lowest BCUT2D eigenvalue weighted by atomic mass is 10.1. The molecule has 10 heteroatoms. The molecule has 1 saturated heterocycles. The van der Waals surface area contributed by atoms with Gasteiger partial charge in [0.1, 0.15) is 0 Å². The quantitative estimate of drug-likeness (QED) is 0.489. The molecule has 31 heavy (non-hydrogen) atoms. The molecule has 3 aromatic heterocycles. The first kappa shape index (κ1) is 19.6. The first-order valence-corrected chi connectivity index (χ1v) is 10.9. The Kier molecular flexibility index (Phi) is 5.08. The molecule has 0 saturated carbocycles. The van der Waals surface area contributed by atoms with Crippen LogP contribution in [0.4, 0.5) is 5.95 Å². The number of aromatic nitrogens is 5. The third-order valence-corrected chi connectivity index (χ3v) is 6.08. The Morgan fingerprint density at radius 3 is 2.87 bits per heavy atom. The second-order valence-corrected chi connectivity index (χ2v) is 8.37. The summed E-state index contributed by atoms with van der Waals surface area (Å²) in [7, 11) is 0. The molecule has 0 spiro atoms. The summed E-state index contributed by atoms with van der Waals surface area (Å²) in [5.74, 6) is 0.424. The van der Waals surface area contributed by atoms with Gasteiger partial charge in [0.05, 0.1) is 59.3 Å². The monoisotopic (exact) mass is 435 g/mol. The van der Waals surface area contributed by atoms with Crippen LogP contribution in [0.5, 0.6) is 0 Å². The van der Waals surface area contributed by atoms with E-state index in [9.17, 15) is 4.79 Å². The van der Waals surface area contributed by atoms with Crippen LogP contribution in [0.1, 0.15) is 22.8 Å². The van der Waals surface area contributed by atoms with E-state index in [1.165, 1.54) is 4.80 Å². The number of carbonyl (C=O) groups excluding carboxylic acids is 1. The van der Waals surface area contributed by atoms with Gasteiger partial charge in [-0.1, -0.05) is 11.6 Å². The van der Waals surface area contributed by atoms with Crippen LogP contribution in [0.2, 0.25) is 0 Å². The molecule has 1 aliphatic rings. The smallest absolute Gasteiger partial charge is 0.256 e. The molecule has 4 heterocycles. The van der Waals surface area contributed by atoms with Crippen LogP contribution in [0.25, 0.3) is 15.9 Å². The predicted octanol–water partition coefficient (Wildman–Crippen LogP) is 2.86. The minimum atomic E-state index is -0.124. The normalized spacial score (nSPS) is 17.2. The average Bonchev–Trinajstić information content (AvgIpc) is 3.43. The highest BCUT2D eigenvalue weighted by molar-refractivity contribution is 7.17. The summed E-state index contributed by atoms with van der Waals surface area (Å²) in [5.41, 5.74) is 3.10. The van der Waals surface area contributed by atoms with Crippen LogP contribution in [0.3, 0.4) is 0 Å². The minimum Gasteiger partial charge on any atom is -0.332 e. The molecule has 1 aromatic carbocycles. The van der Waals surface area contributed by atoms with Gasteiger partial charge in [0.25, 0.3) is 5.91 Å². The predicted molar refractivity (Wildman–Crippen MR) is 117 cm³/mol. The number of carbonyl (C=O) groups is 1. The Morgan fingerprint density at radius 2 is 2.03 bits per heavy atom. The lowest BCUT2D eigenvalue weighted by molar-refractivity contribution is 0.0597. The fraction of sp³-hybridized carbons (Fsp3) is 0.286. The molecule has 5 rings (SSSR count). The summed E-state index contributed by atoms with van der Waals surface area (Å²) < 4.78 is 1.03. The zero-order valence-corrected chi connectivity index (χ0v) is 18.0. The van der Waals surface area contributed by atoms with E-state index < -0.39 is 0 Å². The molecule has 0 radical (unpaired) electrons. The van der Waals surface area contributed by atoms with E-state index in [0.29, 0.717) is 36.9 Å². The van der Waals surface area contributed by atoms with Gasteiger partial charge in [0.15, 0.2) is 0 Å². The second-order valence-electron chi connectivity index (χ2n) is 7.42. The van der Waals surface area contributed by atoms with Crippen LogP contribution in [0.15, 0.2) is 48.2 Å².